The number of rotatable bonds is 5. The lowest BCUT2D eigenvalue weighted by Gasteiger charge is -2.16. The Labute approximate surface area is 197 Å². The van der Waals surface area contributed by atoms with E-state index >= 15 is 0 Å². The number of hydrogen-bond acceptors (Lipinski definition) is 6. The van der Waals surface area contributed by atoms with E-state index in [4.69, 9.17) is 16.0 Å². The summed E-state index contributed by atoms with van der Waals surface area (Å²) in [4.78, 5) is 28.6. The van der Waals surface area contributed by atoms with Gasteiger partial charge in [0.2, 0.25) is 0 Å². The van der Waals surface area contributed by atoms with Crippen LogP contribution in [0.15, 0.2) is 47.2 Å². The van der Waals surface area contributed by atoms with Crippen LogP contribution in [-0.4, -0.2) is 51.1 Å². The van der Waals surface area contributed by atoms with Gasteiger partial charge >= 0.3 is 11.8 Å². The second-order valence-corrected chi connectivity index (χ2v) is 8.75. The summed E-state index contributed by atoms with van der Waals surface area (Å²) in [6.45, 7) is 3.56. The molecule has 0 spiro atoms. The fraction of sp³-hybridized carbons (Fsp3) is 0.360. The number of aromatic nitrogens is 3. The zero-order chi connectivity index (χ0) is 23.8. The lowest BCUT2D eigenvalue weighted by Crippen LogP contribution is -2.40. The number of primary amides is 1. The minimum atomic E-state index is -0.895. The number of piperidine rings is 1. The molecule has 9 heteroatoms. The van der Waals surface area contributed by atoms with Gasteiger partial charge in [0, 0.05) is 61.6 Å². The summed E-state index contributed by atoms with van der Waals surface area (Å²) >= 11 is 0. The van der Waals surface area contributed by atoms with Gasteiger partial charge in [0.1, 0.15) is 11.5 Å². The van der Waals surface area contributed by atoms with E-state index in [1.807, 2.05) is 41.1 Å². The van der Waals surface area contributed by atoms with Crippen LogP contribution in [0.2, 0.25) is 0 Å². The molecule has 2 fully saturated rings. The number of carbonyl (C=O) groups excluding carboxylic acids is 2. The summed E-state index contributed by atoms with van der Waals surface area (Å²) in [5.41, 5.74) is 13.7. The van der Waals surface area contributed by atoms with Crippen LogP contribution in [0.25, 0.3) is 11.3 Å². The Balaban J connectivity index is 1.23. The first-order valence-electron chi connectivity index (χ1n) is 11.4. The lowest BCUT2D eigenvalue weighted by atomic mass is 10.1. The van der Waals surface area contributed by atoms with Crippen molar-refractivity contribution < 1.29 is 14.1 Å². The van der Waals surface area contributed by atoms with Gasteiger partial charge in [0.15, 0.2) is 5.76 Å². The van der Waals surface area contributed by atoms with E-state index in [-0.39, 0.29) is 12.0 Å². The van der Waals surface area contributed by atoms with Crippen molar-refractivity contribution in [2.24, 2.45) is 29.2 Å². The maximum atomic E-state index is 11.7. The highest BCUT2D eigenvalue weighted by Gasteiger charge is 2.56. The Morgan fingerprint density at radius 3 is 2.62 bits per heavy atom. The Hall–Kier alpha value is -3.90. The minimum Gasteiger partial charge on any atom is -0.361 e. The molecule has 2 aliphatic rings. The molecule has 3 aromatic rings. The summed E-state index contributed by atoms with van der Waals surface area (Å²) in [6.07, 6.45) is 4.50. The molecule has 5 rings (SSSR count). The number of aryl methyl sites for hydroxylation is 1. The molecule has 1 aliphatic heterocycles. The molecule has 1 saturated heterocycles. The van der Waals surface area contributed by atoms with Crippen LogP contribution < -0.4 is 11.5 Å². The molecule has 2 amide bonds. The highest BCUT2D eigenvalue weighted by atomic mass is 16.5. The van der Waals surface area contributed by atoms with Gasteiger partial charge in [-0.25, -0.2) is 4.98 Å². The van der Waals surface area contributed by atoms with Gasteiger partial charge in [-0.05, 0) is 36.1 Å². The Morgan fingerprint density at radius 1 is 1.24 bits per heavy atom. The van der Waals surface area contributed by atoms with Crippen LogP contribution in [0.1, 0.15) is 30.0 Å². The Kier molecular flexibility index (Phi) is 5.67. The monoisotopic (exact) mass is 458 g/mol. The Morgan fingerprint density at radius 2 is 1.97 bits per heavy atom. The van der Waals surface area contributed by atoms with Crippen LogP contribution >= 0.6 is 0 Å². The van der Waals surface area contributed by atoms with Gasteiger partial charge in [-0.15, -0.1) is 0 Å². The fourth-order valence-corrected chi connectivity index (χ4v) is 4.81. The molecule has 0 unspecified atom stereocenters. The first kappa shape index (κ1) is 21.9. The van der Waals surface area contributed by atoms with Crippen LogP contribution in [0.3, 0.4) is 0 Å². The molecule has 1 aliphatic carbocycles. The van der Waals surface area contributed by atoms with Crippen molar-refractivity contribution in [1.82, 2.24) is 19.6 Å². The smallest absolute Gasteiger partial charge is 0.311 e. The van der Waals surface area contributed by atoms with Gasteiger partial charge < -0.3 is 25.5 Å². The number of likely N-dealkylation sites (tertiary alicyclic amines) is 1. The van der Waals surface area contributed by atoms with Crippen LogP contribution in [0, 0.1) is 29.6 Å². The second kappa shape index (κ2) is 8.80. The zero-order valence-electron chi connectivity index (χ0n) is 18.8. The van der Waals surface area contributed by atoms with Crippen molar-refractivity contribution in [2.45, 2.75) is 19.4 Å². The molecular weight excluding hydrogens is 432 g/mol. The Bertz CT molecular complexity index is 1270. The molecule has 0 radical (unpaired) electrons. The lowest BCUT2D eigenvalue weighted by molar-refractivity contribution is -0.143. The SMILES string of the molecule is CCc1nccn1[C@H](CN)c1cc(-c2ccc(C#C[C@@H]3[C@H]4CN(C(=O)C(N)=O)C[C@@H]34)cc2)on1. The van der Waals surface area contributed by atoms with E-state index in [1.54, 1.807) is 6.20 Å². The molecule has 34 heavy (non-hydrogen) atoms. The maximum absolute atomic E-state index is 11.7. The third-order valence-corrected chi connectivity index (χ3v) is 6.74. The van der Waals surface area contributed by atoms with Crippen LogP contribution in [0.4, 0.5) is 0 Å². The number of nitrogens with two attached hydrogens (primary N) is 2. The minimum absolute atomic E-state index is 0.132. The zero-order valence-corrected chi connectivity index (χ0v) is 18.8. The number of fused-ring (bicyclic) bond motifs is 1. The van der Waals surface area contributed by atoms with E-state index in [0.29, 0.717) is 37.2 Å². The molecule has 0 bridgehead atoms. The van der Waals surface area contributed by atoms with Crippen molar-refractivity contribution in [1.29, 1.82) is 0 Å². The molecule has 174 valence electrons. The van der Waals surface area contributed by atoms with Gasteiger partial charge in [0.25, 0.3) is 0 Å². The standard InChI is InChI=1S/C25H26N6O3/c1-2-23-28-9-10-31(23)21(12-26)20-11-22(34-29-20)16-6-3-15(4-7-16)5-8-17-18-13-30(14-19(17)18)25(33)24(27)32/h3-4,6-7,9-11,17-19,21H,2,12-14,26H2,1H3,(H2,27,32)/t17-,18-,19+,21-/m1/s1. The summed E-state index contributed by atoms with van der Waals surface area (Å²) in [6, 6.07) is 9.62. The van der Waals surface area contributed by atoms with E-state index in [2.05, 4.69) is 28.9 Å². The average molecular weight is 459 g/mol. The quantitative estimate of drug-likeness (QED) is 0.436. The van der Waals surface area contributed by atoms with E-state index < -0.39 is 11.8 Å². The van der Waals surface area contributed by atoms with Gasteiger partial charge in [-0.2, -0.15) is 0 Å². The normalized spacial score (nSPS) is 21.5. The molecule has 4 atom stereocenters. The second-order valence-electron chi connectivity index (χ2n) is 8.75. The van der Waals surface area contributed by atoms with E-state index in [1.165, 1.54) is 4.90 Å². The molecule has 3 heterocycles. The summed E-state index contributed by atoms with van der Waals surface area (Å²) in [5, 5.41) is 4.26. The molecule has 1 aromatic carbocycles. The number of carbonyl (C=O) groups is 2. The first-order chi connectivity index (χ1) is 16.5. The average Bonchev–Trinajstić information content (AvgIpc) is 3.36. The largest absolute Gasteiger partial charge is 0.361 e. The third-order valence-electron chi connectivity index (χ3n) is 6.74. The predicted molar refractivity (Wildman–Crippen MR) is 124 cm³/mol. The summed E-state index contributed by atoms with van der Waals surface area (Å²) < 4.78 is 7.65. The summed E-state index contributed by atoms with van der Waals surface area (Å²) in [5.74, 6) is 7.60. The topological polar surface area (TPSA) is 133 Å². The van der Waals surface area contributed by atoms with Gasteiger partial charge in [-0.1, -0.05) is 23.9 Å². The number of amides is 2. The molecule has 1 saturated carbocycles. The summed E-state index contributed by atoms with van der Waals surface area (Å²) in [7, 11) is 0. The molecule has 9 nitrogen and oxygen atoms in total. The van der Waals surface area contributed by atoms with Crippen molar-refractivity contribution in [3.63, 3.8) is 0 Å². The van der Waals surface area contributed by atoms with Crippen LogP contribution in [0.5, 0.6) is 0 Å². The number of benzene rings is 1. The molecular formula is C25H26N6O3. The third kappa shape index (κ3) is 3.97. The molecule has 4 N–H and O–H groups in total. The maximum Gasteiger partial charge on any atom is 0.311 e. The van der Waals surface area contributed by atoms with Gasteiger partial charge in [0.05, 0.1) is 6.04 Å². The van der Waals surface area contributed by atoms with Crippen molar-refractivity contribution >= 4 is 11.8 Å². The first-order valence-corrected chi connectivity index (χ1v) is 11.4. The highest BCUT2D eigenvalue weighted by Crippen LogP contribution is 2.51. The van der Waals surface area contributed by atoms with Crippen molar-refractivity contribution in [3.05, 3.63) is 59.8 Å². The predicted octanol–water partition coefficient (Wildman–Crippen LogP) is 1.19. The van der Waals surface area contributed by atoms with E-state index in [0.717, 1.165) is 29.1 Å². The number of imidazole rings is 1. The highest BCUT2D eigenvalue weighted by molar-refractivity contribution is 6.34. The number of nitrogens with zero attached hydrogens (tertiary/aromatic N) is 4. The van der Waals surface area contributed by atoms with Crippen LogP contribution in [-0.2, 0) is 16.0 Å². The van der Waals surface area contributed by atoms with Crippen molar-refractivity contribution in [3.8, 4) is 23.2 Å². The van der Waals surface area contributed by atoms with Gasteiger partial charge in [-0.3, -0.25) is 9.59 Å². The van der Waals surface area contributed by atoms with E-state index in [9.17, 15) is 9.59 Å². The molecule has 2 aromatic heterocycles. The number of hydrogen-bond donors (Lipinski definition) is 2. The van der Waals surface area contributed by atoms with Crippen molar-refractivity contribution in [2.75, 3.05) is 19.6 Å². The fourth-order valence-electron chi connectivity index (χ4n) is 4.81.